The Bertz CT molecular complexity index is 856. The van der Waals surface area contributed by atoms with Gasteiger partial charge in [0.15, 0.2) is 0 Å². The number of aromatic nitrogens is 1. The van der Waals surface area contributed by atoms with Crippen molar-refractivity contribution < 1.29 is 14.7 Å². The molecule has 2 heterocycles. The van der Waals surface area contributed by atoms with Crippen molar-refractivity contribution in [1.82, 2.24) is 9.88 Å². The number of nitrogens with zero attached hydrogens (tertiary/aromatic N) is 2. The summed E-state index contributed by atoms with van der Waals surface area (Å²) in [7, 11) is 0. The molecule has 1 fully saturated rings. The summed E-state index contributed by atoms with van der Waals surface area (Å²) in [6.07, 6.45) is 3.84. The third kappa shape index (κ3) is 3.92. The van der Waals surface area contributed by atoms with Gasteiger partial charge in [0.05, 0.1) is 23.7 Å². The summed E-state index contributed by atoms with van der Waals surface area (Å²) in [6.45, 7) is 2.99. The lowest BCUT2D eigenvalue weighted by atomic mass is 9.87. The van der Waals surface area contributed by atoms with E-state index >= 15 is 0 Å². The summed E-state index contributed by atoms with van der Waals surface area (Å²) in [5, 5.41) is 12.5. The number of carboxylic acid groups (broad SMARTS) is 1. The summed E-state index contributed by atoms with van der Waals surface area (Å²) in [5.41, 5.74) is 4.19. The van der Waals surface area contributed by atoms with Gasteiger partial charge < -0.3 is 10.4 Å². The van der Waals surface area contributed by atoms with Gasteiger partial charge in [-0.05, 0) is 49.4 Å². The van der Waals surface area contributed by atoms with E-state index in [0.717, 1.165) is 18.5 Å². The molecule has 6 nitrogen and oxygen atoms in total. The molecular formula is C22H25N3O3. The largest absolute Gasteiger partial charge is 0.481 e. The molecule has 2 aliphatic rings. The average Bonchev–Trinajstić information content (AvgIpc) is 3.13. The Labute approximate surface area is 164 Å². The van der Waals surface area contributed by atoms with E-state index in [0.29, 0.717) is 25.2 Å². The molecule has 2 aromatic rings. The number of piperidine rings is 1. The first kappa shape index (κ1) is 18.6. The Kier molecular flexibility index (Phi) is 5.13. The highest BCUT2D eigenvalue weighted by molar-refractivity contribution is 5.93. The smallest absolute Gasteiger partial charge is 0.307 e. The van der Waals surface area contributed by atoms with Crippen LogP contribution < -0.4 is 5.32 Å². The van der Waals surface area contributed by atoms with Crippen molar-refractivity contribution >= 4 is 17.6 Å². The molecule has 1 aliphatic heterocycles. The van der Waals surface area contributed by atoms with Gasteiger partial charge in [0.1, 0.15) is 0 Å². The molecule has 1 aromatic heterocycles. The third-order valence-corrected chi connectivity index (χ3v) is 5.92. The van der Waals surface area contributed by atoms with E-state index in [4.69, 9.17) is 0 Å². The van der Waals surface area contributed by atoms with Crippen molar-refractivity contribution in [3.63, 3.8) is 0 Å². The number of amides is 1. The van der Waals surface area contributed by atoms with Gasteiger partial charge in [-0.15, -0.1) is 0 Å². The van der Waals surface area contributed by atoms with Crippen LogP contribution in [-0.4, -0.2) is 46.0 Å². The highest BCUT2D eigenvalue weighted by Gasteiger charge is 2.39. The molecule has 1 amide bonds. The zero-order chi connectivity index (χ0) is 19.7. The maximum absolute atomic E-state index is 12.8. The number of hydrogen-bond acceptors (Lipinski definition) is 4. The molecule has 0 bridgehead atoms. The predicted octanol–water partition coefficient (Wildman–Crippen LogP) is 2.52. The second kappa shape index (κ2) is 7.72. The lowest BCUT2D eigenvalue weighted by molar-refractivity contribution is -0.145. The van der Waals surface area contributed by atoms with Crippen LogP contribution in [0.5, 0.6) is 0 Å². The fourth-order valence-electron chi connectivity index (χ4n) is 4.38. The summed E-state index contributed by atoms with van der Waals surface area (Å²) < 4.78 is 0. The van der Waals surface area contributed by atoms with E-state index in [1.807, 2.05) is 31.2 Å². The second-order valence-corrected chi connectivity index (χ2v) is 7.93. The molecule has 0 unspecified atom stereocenters. The lowest BCUT2D eigenvalue weighted by Gasteiger charge is -2.39. The fourth-order valence-corrected chi connectivity index (χ4v) is 4.38. The molecule has 6 heteroatoms. The number of likely N-dealkylation sites (tertiary alicyclic amines) is 1. The maximum Gasteiger partial charge on any atom is 0.307 e. The Morgan fingerprint density at radius 1 is 1.07 bits per heavy atom. The fraction of sp³-hybridized carbons (Fsp3) is 0.409. The van der Waals surface area contributed by atoms with Crippen LogP contribution in [0.3, 0.4) is 0 Å². The molecule has 4 rings (SSSR count). The first-order valence-electron chi connectivity index (χ1n) is 9.76. The van der Waals surface area contributed by atoms with E-state index in [1.54, 1.807) is 6.20 Å². The van der Waals surface area contributed by atoms with Crippen LogP contribution >= 0.6 is 0 Å². The molecule has 2 atom stereocenters. The zero-order valence-corrected chi connectivity index (χ0v) is 16.0. The van der Waals surface area contributed by atoms with Crippen LogP contribution in [0.1, 0.15) is 23.2 Å². The quantitative estimate of drug-likeness (QED) is 0.853. The van der Waals surface area contributed by atoms with E-state index in [1.165, 1.54) is 11.1 Å². The molecule has 146 valence electrons. The van der Waals surface area contributed by atoms with Gasteiger partial charge >= 0.3 is 5.97 Å². The molecule has 1 aromatic carbocycles. The minimum absolute atomic E-state index is 0.128. The van der Waals surface area contributed by atoms with Crippen molar-refractivity contribution in [3.8, 4) is 0 Å². The Balaban J connectivity index is 1.47. The van der Waals surface area contributed by atoms with Gasteiger partial charge in [0, 0.05) is 24.8 Å². The van der Waals surface area contributed by atoms with Gasteiger partial charge in [-0.25, -0.2) is 0 Å². The SMILES string of the molecule is Cc1ccc(NC(=O)[C@H]2C[C@H](C(=O)O)CN(C3Cc4ccccc4C3)C2)cn1. The van der Waals surface area contributed by atoms with Crippen molar-refractivity contribution in [1.29, 1.82) is 0 Å². The first-order chi connectivity index (χ1) is 13.5. The standard InChI is InChI=1S/C22H25N3O3/c1-14-6-7-19(11-23-14)24-21(26)17-8-18(22(27)28)13-25(12-17)20-9-15-4-2-3-5-16(15)10-20/h2-7,11,17-18,20H,8-10,12-13H2,1H3,(H,24,26)(H,27,28)/t17-,18-/m0/s1. The van der Waals surface area contributed by atoms with Gasteiger partial charge in [-0.3, -0.25) is 19.5 Å². The highest BCUT2D eigenvalue weighted by atomic mass is 16.4. The predicted molar refractivity (Wildman–Crippen MR) is 106 cm³/mol. The topological polar surface area (TPSA) is 82.5 Å². The Morgan fingerprint density at radius 2 is 1.75 bits per heavy atom. The van der Waals surface area contributed by atoms with Crippen molar-refractivity contribution in [2.24, 2.45) is 11.8 Å². The number of rotatable bonds is 4. The average molecular weight is 379 g/mol. The van der Waals surface area contributed by atoms with Crippen LogP contribution in [0.2, 0.25) is 0 Å². The normalized spacial score (nSPS) is 22.6. The van der Waals surface area contributed by atoms with E-state index < -0.39 is 11.9 Å². The van der Waals surface area contributed by atoms with Crippen molar-refractivity contribution in [2.75, 3.05) is 18.4 Å². The number of aryl methyl sites for hydroxylation is 1. The molecule has 2 N–H and O–H groups in total. The molecular weight excluding hydrogens is 354 g/mol. The number of carboxylic acids is 1. The van der Waals surface area contributed by atoms with E-state index in [9.17, 15) is 14.7 Å². The van der Waals surface area contributed by atoms with Crippen LogP contribution in [-0.2, 0) is 22.4 Å². The van der Waals surface area contributed by atoms with Crippen molar-refractivity contribution in [3.05, 3.63) is 59.4 Å². The summed E-state index contributed by atoms with van der Waals surface area (Å²) >= 11 is 0. The van der Waals surface area contributed by atoms with Gasteiger partial charge in [-0.1, -0.05) is 24.3 Å². The van der Waals surface area contributed by atoms with Crippen molar-refractivity contribution in [2.45, 2.75) is 32.2 Å². The summed E-state index contributed by atoms with van der Waals surface area (Å²) in [5.74, 6) is -1.82. The van der Waals surface area contributed by atoms with Gasteiger partial charge in [0.25, 0.3) is 0 Å². The molecule has 1 saturated heterocycles. The van der Waals surface area contributed by atoms with Gasteiger partial charge in [-0.2, -0.15) is 0 Å². The number of nitrogens with one attached hydrogen (secondary N) is 1. The van der Waals surface area contributed by atoms with Crippen LogP contribution in [0.25, 0.3) is 0 Å². The lowest BCUT2D eigenvalue weighted by Crippen LogP contribution is -2.51. The van der Waals surface area contributed by atoms with Crippen LogP contribution in [0.4, 0.5) is 5.69 Å². The second-order valence-electron chi connectivity index (χ2n) is 7.93. The minimum Gasteiger partial charge on any atom is -0.481 e. The number of benzene rings is 1. The number of anilines is 1. The molecule has 0 radical (unpaired) electrons. The van der Waals surface area contributed by atoms with E-state index in [2.05, 4.69) is 27.3 Å². The summed E-state index contributed by atoms with van der Waals surface area (Å²) in [4.78, 5) is 31.0. The molecule has 0 saturated carbocycles. The number of carbonyl (C=O) groups excluding carboxylic acids is 1. The highest BCUT2D eigenvalue weighted by Crippen LogP contribution is 2.31. The van der Waals surface area contributed by atoms with E-state index in [-0.39, 0.29) is 17.9 Å². The summed E-state index contributed by atoms with van der Waals surface area (Å²) in [6, 6.07) is 12.3. The molecule has 28 heavy (non-hydrogen) atoms. The van der Waals surface area contributed by atoms with Gasteiger partial charge in [0.2, 0.25) is 5.91 Å². The number of fused-ring (bicyclic) bond motifs is 1. The van der Waals surface area contributed by atoms with Crippen LogP contribution in [0.15, 0.2) is 42.6 Å². The minimum atomic E-state index is -0.824. The maximum atomic E-state index is 12.8. The third-order valence-electron chi connectivity index (χ3n) is 5.92. The Morgan fingerprint density at radius 3 is 2.36 bits per heavy atom. The monoisotopic (exact) mass is 379 g/mol. The molecule has 0 spiro atoms. The van der Waals surface area contributed by atoms with Crippen LogP contribution in [0, 0.1) is 18.8 Å². The Hall–Kier alpha value is -2.73. The number of carbonyl (C=O) groups is 2. The molecule has 1 aliphatic carbocycles. The first-order valence-corrected chi connectivity index (χ1v) is 9.76. The number of aliphatic carboxylic acids is 1. The number of pyridine rings is 1. The zero-order valence-electron chi connectivity index (χ0n) is 16.0. The number of hydrogen-bond donors (Lipinski definition) is 2.